The number of nitrogens with zero attached hydrogens (tertiary/aromatic N) is 1. The molecule has 0 aliphatic carbocycles. The Bertz CT molecular complexity index is 892. The smallest absolute Gasteiger partial charge is 0.144 e. The van der Waals surface area contributed by atoms with Crippen LogP contribution in [-0.2, 0) is 6.42 Å². The second-order valence-electron chi connectivity index (χ2n) is 5.73. The molecule has 2 heteroatoms. The van der Waals surface area contributed by atoms with E-state index in [4.69, 9.17) is 0 Å². The first-order chi connectivity index (χ1) is 11.8. The predicted molar refractivity (Wildman–Crippen MR) is 96.0 cm³/mol. The van der Waals surface area contributed by atoms with Crippen molar-refractivity contribution in [3.8, 4) is 28.3 Å². The number of nitriles is 1. The number of benzene rings is 3. The molecule has 118 valence electrons. The standard InChI is InChI=1S/C22H18FN/c1-2-8-17-13-14-20(21(15-24)22(17)23)19-12-7-6-11-18(19)16-9-4-3-5-10-16/h3-7,9-14H,2,8H2,1H3. The number of aryl methyl sites for hydroxylation is 1. The van der Waals surface area contributed by atoms with Crippen molar-refractivity contribution < 1.29 is 4.39 Å². The van der Waals surface area contributed by atoms with Gasteiger partial charge in [0.15, 0.2) is 0 Å². The molecule has 0 saturated carbocycles. The molecule has 0 saturated heterocycles. The third-order valence-corrected chi connectivity index (χ3v) is 4.16. The molecule has 0 unspecified atom stereocenters. The summed E-state index contributed by atoms with van der Waals surface area (Å²) in [6.45, 7) is 2.00. The van der Waals surface area contributed by atoms with Crippen LogP contribution in [0.3, 0.4) is 0 Å². The van der Waals surface area contributed by atoms with Gasteiger partial charge in [0.25, 0.3) is 0 Å². The molecule has 0 heterocycles. The Kier molecular flexibility index (Phi) is 4.72. The summed E-state index contributed by atoms with van der Waals surface area (Å²) in [6.07, 6.45) is 1.49. The van der Waals surface area contributed by atoms with E-state index >= 15 is 0 Å². The molecule has 0 aliphatic heterocycles. The van der Waals surface area contributed by atoms with Gasteiger partial charge in [0.05, 0.1) is 5.56 Å². The second kappa shape index (κ2) is 7.10. The lowest BCUT2D eigenvalue weighted by atomic mass is 9.90. The van der Waals surface area contributed by atoms with Crippen molar-refractivity contribution in [3.05, 3.63) is 83.7 Å². The molecule has 0 N–H and O–H groups in total. The first-order valence-electron chi connectivity index (χ1n) is 8.12. The lowest BCUT2D eigenvalue weighted by Gasteiger charge is -2.13. The first kappa shape index (κ1) is 16.0. The van der Waals surface area contributed by atoms with E-state index in [9.17, 15) is 9.65 Å². The maximum Gasteiger partial charge on any atom is 0.144 e. The third-order valence-electron chi connectivity index (χ3n) is 4.16. The minimum Gasteiger partial charge on any atom is -0.205 e. The highest BCUT2D eigenvalue weighted by molar-refractivity contribution is 5.86. The first-order valence-corrected chi connectivity index (χ1v) is 8.12. The SMILES string of the molecule is CCCc1ccc(-c2ccccc2-c2ccccc2)c(C#N)c1F. The molecular formula is C22H18FN. The summed E-state index contributed by atoms with van der Waals surface area (Å²) >= 11 is 0. The van der Waals surface area contributed by atoms with E-state index in [-0.39, 0.29) is 11.4 Å². The average molecular weight is 315 g/mol. The zero-order valence-corrected chi connectivity index (χ0v) is 13.6. The molecule has 0 fully saturated rings. The second-order valence-corrected chi connectivity index (χ2v) is 5.73. The van der Waals surface area contributed by atoms with Gasteiger partial charge in [0, 0.05) is 5.56 Å². The highest BCUT2D eigenvalue weighted by Crippen LogP contribution is 2.35. The fourth-order valence-corrected chi connectivity index (χ4v) is 3.00. The fourth-order valence-electron chi connectivity index (χ4n) is 3.00. The van der Waals surface area contributed by atoms with Crippen LogP contribution in [0.1, 0.15) is 24.5 Å². The Balaban J connectivity index is 2.21. The van der Waals surface area contributed by atoms with Gasteiger partial charge in [-0.1, -0.05) is 80.1 Å². The van der Waals surface area contributed by atoms with Gasteiger partial charge in [-0.3, -0.25) is 0 Å². The van der Waals surface area contributed by atoms with Crippen LogP contribution in [0.5, 0.6) is 0 Å². The van der Waals surface area contributed by atoms with Crippen LogP contribution in [0.2, 0.25) is 0 Å². The molecule has 0 aromatic heterocycles. The topological polar surface area (TPSA) is 23.8 Å². The van der Waals surface area contributed by atoms with E-state index in [1.807, 2.05) is 67.6 Å². The van der Waals surface area contributed by atoms with Crippen LogP contribution in [0.25, 0.3) is 22.3 Å². The van der Waals surface area contributed by atoms with Crippen LogP contribution < -0.4 is 0 Å². The van der Waals surface area contributed by atoms with E-state index in [2.05, 4.69) is 6.07 Å². The Morgan fingerprint density at radius 2 is 1.50 bits per heavy atom. The van der Waals surface area contributed by atoms with Gasteiger partial charge >= 0.3 is 0 Å². The van der Waals surface area contributed by atoms with Crippen LogP contribution in [0, 0.1) is 17.1 Å². The van der Waals surface area contributed by atoms with E-state index in [1.165, 1.54) is 0 Å². The molecule has 0 spiro atoms. The zero-order valence-electron chi connectivity index (χ0n) is 13.6. The lowest BCUT2D eigenvalue weighted by Crippen LogP contribution is -1.98. The largest absolute Gasteiger partial charge is 0.205 e. The lowest BCUT2D eigenvalue weighted by molar-refractivity contribution is 0.604. The number of halogens is 1. The minimum atomic E-state index is -0.389. The van der Waals surface area contributed by atoms with Crippen LogP contribution >= 0.6 is 0 Å². The molecular weight excluding hydrogens is 297 g/mol. The van der Waals surface area contributed by atoms with Crippen molar-refractivity contribution in [2.45, 2.75) is 19.8 Å². The molecule has 0 radical (unpaired) electrons. The molecule has 3 rings (SSSR count). The summed E-state index contributed by atoms with van der Waals surface area (Å²) in [6, 6.07) is 23.5. The van der Waals surface area contributed by atoms with E-state index < -0.39 is 0 Å². The Hall–Kier alpha value is -2.92. The summed E-state index contributed by atoms with van der Waals surface area (Å²) in [5.41, 5.74) is 4.31. The van der Waals surface area contributed by atoms with Gasteiger partial charge < -0.3 is 0 Å². The Labute approximate surface area is 142 Å². The number of hydrogen-bond acceptors (Lipinski definition) is 1. The molecule has 3 aromatic carbocycles. The summed E-state index contributed by atoms with van der Waals surface area (Å²) in [5.74, 6) is -0.389. The van der Waals surface area contributed by atoms with Crippen molar-refractivity contribution in [1.29, 1.82) is 5.26 Å². The Morgan fingerprint density at radius 1 is 0.833 bits per heavy atom. The summed E-state index contributed by atoms with van der Waals surface area (Å²) in [7, 11) is 0. The zero-order chi connectivity index (χ0) is 16.9. The predicted octanol–water partition coefficient (Wildman–Crippen LogP) is 5.98. The molecule has 0 aliphatic rings. The van der Waals surface area contributed by atoms with E-state index in [0.29, 0.717) is 17.5 Å². The molecule has 1 nitrogen and oxygen atoms in total. The van der Waals surface area contributed by atoms with E-state index in [1.54, 1.807) is 6.07 Å². The van der Waals surface area contributed by atoms with Crippen molar-refractivity contribution in [3.63, 3.8) is 0 Å². The third kappa shape index (κ3) is 2.94. The molecule has 0 bridgehead atoms. The monoisotopic (exact) mass is 315 g/mol. The highest BCUT2D eigenvalue weighted by atomic mass is 19.1. The number of hydrogen-bond donors (Lipinski definition) is 0. The average Bonchev–Trinajstić information content (AvgIpc) is 2.64. The summed E-state index contributed by atoms with van der Waals surface area (Å²) < 4.78 is 14.7. The van der Waals surface area contributed by atoms with Crippen molar-refractivity contribution >= 4 is 0 Å². The molecule has 3 aromatic rings. The van der Waals surface area contributed by atoms with Gasteiger partial charge in [-0.2, -0.15) is 5.26 Å². The normalized spacial score (nSPS) is 10.4. The fraction of sp³-hybridized carbons (Fsp3) is 0.136. The van der Waals surface area contributed by atoms with Crippen LogP contribution in [0.15, 0.2) is 66.7 Å². The van der Waals surface area contributed by atoms with Crippen LogP contribution in [0.4, 0.5) is 4.39 Å². The van der Waals surface area contributed by atoms with Crippen molar-refractivity contribution in [1.82, 2.24) is 0 Å². The van der Waals surface area contributed by atoms with Crippen molar-refractivity contribution in [2.75, 3.05) is 0 Å². The molecule has 0 atom stereocenters. The summed E-state index contributed by atoms with van der Waals surface area (Å²) in [4.78, 5) is 0. The maximum atomic E-state index is 14.7. The van der Waals surface area contributed by atoms with Crippen LogP contribution in [-0.4, -0.2) is 0 Å². The highest BCUT2D eigenvalue weighted by Gasteiger charge is 2.16. The van der Waals surface area contributed by atoms with Gasteiger partial charge in [0.1, 0.15) is 11.9 Å². The van der Waals surface area contributed by atoms with Gasteiger partial charge in [0.2, 0.25) is 0 Å². The quantitative estimate of drug-likeness (QED) is 0.580. The van der Waals surface area contributed by atoms with Gasteiger partial charge in [-0.15, -0.1) is 0 Å². The summed E-state index contributed by atoms with van der Waals surface area (Å²) in [5, 5.41) is 9.52. The minimum absolute atomic E-state index is 0.129. The Morgan fingerprint density at radius 3 is 2.17 bits per heavy atom. The van der Waals surface area contributed by atoms with E-state index in [0.717, 1.165) is 23.1 Å². The maximum absolute atomic E-state index is 14.7. The molecule has 0 amide bonds. The van der Waals surface area contributed by atoms with Crippen molar-refractivity contribution in [2.24, 2.45) is 0 Å². The van der Waals surface area contributed by atoms with Gasteiger partial charge in [-0.05, 0) is 28.7 Å². The molecule has 24 heavy (non-hydrogen) atoms. The van der Waals surface area contributed by atoms with Gasteiger partial charge in [-0.25, -0.2) is 4.39 Å². The number of rotatable bonds is 4.